The number of aromatic nitrogens is 1. The average Bonchev–Trinajstić information content (AvgIpc) is 2.73. The molecule has 2 aromatic rings. The Kier molecular flexibility index (Phi) is 3.60. The monoisotopic (exact) mass is 381 g/mol. The van der Waals surface area contributed by atoms with Gasteiger partial charge in [0.05, 0.1) is 17.8 Å². The van der Waals surface area contributed by atoms with Gasteiger partial charge < -0.3 is 0 Å². The normalized spacial score (nSPS) is 15.4. The molecule has 23 heavy (non-hydrogen) atoms. The second-order valence-corrected chi connectivity index (χ2v) is 5.73. The molecule has 3 rings (SSSR count). The number of halogens is 4. The molecule has 1 aromatic carbocycles. The fourth-order valence-corrected chi connectivity index (χ4v) is 3.02. The Labute approximate surface area is 137 Å². The number of fused-ring (bicyclic) bond motifs is 1. The molecule has 0 spiro atoms. The van der Waals surface area contributed by atoms with E-state index < -0.39 is 28.9 Å². The highest BCUT2D eigenvalue weighted by atomic mass is 79.9. The molecule has 0 saturated carbocycles. The van der Waals surface area contributed by atoms with Gasteiger partial charge in [-0.05, 0) is 29.8 Å². The quantitative estimate of drug-likeness (QED) is 0.799. The summed E-state index contributed by atoms with van der Waals surface area (Å²) < 4.78 is 42.5. The number of nitrogens with zero attached hydrogens (tertiary/aromatic N) is 3. The molecule has 0 saturated heterocycles. The summed E-state index contributed by atoms with van der Waals surface area (Å²) in [5.41, 5.74) is -0.662. The van der Waals surface area contributed by atoms with Crippen molar-refractivity contribution in [3.05, 3.63) is 57.6 Å². The van der Waals surface area contributed by atoms with Crippen LogP contribution in [0.5, 0.6) is 0 Å². The predicted octanol–water partition coefficient (Wildman–Crippen LogP) is 3.49. The van der Waals surface area contributed by atoms with E-state index in [9.17, 15) is 18.0 Å². The van der Waals surface area contributed by atoms with Crippen LogP contribution >= 0.6 is 15.9 Å². The molecule has 4 nitrogen and oxygen atoms in total. The molecule has 0 radical (unpaired) electrons. The minimum absolute atomic E-state index is 0.0396. The van der Waals surface area contributed by atoms with Gasteiger partial charge in [0.25, 0.3) is 0 Å². The number of carbonyl (C=O) groups is 1. The van der Waals surface area contributed by atoms with Crippen molar-refractivity contribution >= 4 is 27.5 Å². The number of hydrogen-bond donors (Lipinski definition) is 0. The van der Waals surface area contributed by atoms with Gasteiger partial charge in [-0.25, -0.2) is 9.37 Å². The molecule has 0 N–H and O–H groups in total. The molecular formula is C15H7BrF3N3O. The van der Waals surface area contributed by atoms with Crippen LogP contribution in [0.2, 0.25) is 0 Å². The van der Waals surface area contributed by atoms with Crippen molar-refractivity contribution in [2.24, 2.45) is 0 Å². The maximum Gasteiger partial charge on any atom is 0.353 e. The molecule has 8 heteroatoms. The Bertz CT molecular complexity index is 864. The first-order valence-corrected chi connectivity index (χ1v) is 7.19. The van der Waals surface area contributed by atoms with Crippen LogP contribution in [0.1, 0.15) is 16.8 Å². The highest BCUT2D eigenvalue weighted by Gasteiger charge is 2.55. The van der Waals surface area contributed by atoms with Crippen LogP contribution in [0.15, 0.2) is 34.9 Å². The molecule has 1 aromatic heterocycles. The molecule has 0 atom stereocenters. The van der Waals surface area contributed by atoms with Gasteiger partial charge in [-0.15, -0.1) is 0 Å². The van der Waals surface area contributed by atoms with Gasteiger partial charge in [0.15, 0.2) is 0 Å². The molecule has 116 valence electrons. The first-order valence-electron chi connectivity index (χ1n) is 6.39. The van der Waals surface area contributed by atoms with E-state index in [0.29, 0.717) is 10.5 Å². The van der Waals surface area contributed by atoms with Crippen LogP contribution in [0.4, 0.5) is 18.9 Å². The standard InChI is InChI=1S/C15H7BrF3N3O/c16-10-1-2-11(17)13-12(10)15(18,19)14(23)22(13)7-8-3-4-21-9(5-8)6-20/h1-5H,7H2. The summed E-state index contributed by atoms with van der Waals surface area (Å²) >= 11 is 2.94. The Morgan fingerprint density at radius 3 is 2.78 bits per heavy atom. The summed E-state index contributed by atoms with van der Waals surface area (Å²) in [4.78, 5) is 16.5. The number of nitriles is 1. The van der Waals surface area contributed by atoms with Crippen molar-refractivity contribution < 1.29 is 18.0 Å². The van der Waals surface area contributed by atoms with Gasteiger partial charge in [0, 0.05) is 10.7 Å². The lowest BCUT2D eigenvalue weighted by Gasteiger charge is -2.18. The van der Waals surface area contributed by atoms with Crippen LogP contribution in [0.25, 0.3) is 0 Å². The summed E-state index contributed by atoms with van der Waals surface area (Å²) in [6.07, 6.45) is 1.32. The number of anilines is 1. The fourth-order valence-electron chi connectivity index (χ4n) is 2.45. The van der Waals surface area contributed by atoms with Gasteiger partial charge in [-0.3, -0.25) is 9.69 Å². The molecule has 0 fully saturated rings. The first-order chi connectivity index (χ1) is 10.9. The summed E-state index contributed by atoms with van der Waals surface area (Å²) in [5.74, 6) is -6.24. The number of benzene rings is 1. The molecule has 1 amide bonds. The summed E-state index contributed by atoms with van der Waals surface area (Å²) in [5, 5.41) is 8.82. The predicted molar refractivity (Wildman–Crippen MR) is 78.1 cm³/mol. The zero-order valence-electron chi connectivity index (χ0n) is 11.4. The van der Waals surface area contributed by atoms with E-state index >= 15 is 0 Å². The van der Waals surface area contributed by atoms with Gasteiger partial charge in [-0.2, -0.15) is 14.0 Å². The minimum Gasteiger partial charge on any atom is -0.299 e. The van der Waals surface area contributed by atoms with Crippen molar-refractivity contribution in [2.75, 3.05) is 4.90 Å². The minimum atomic E-state index is -3.82. The molecule has 0 aliphatic carbocycles. The fraction of sp³-hybridized carbons (Fsp3) is 0.133. The number of hydrogen-bond acceptors (Lipinski definition) is 3. The van der Waals surface area contributed by atoms with Crippen molar-refractivity contribution in [1.29, 1.82) is 5.26 Å². The third-order valence-corrected chi connectivity index (χ3v) is 4.12. The van der Waals surface area contributed by atoms with E-state index in [1.54, 1.807) is 0 Å². The molecule has 0 unspecified atom stereocenters. The Hall–Kier alpha value is -2.40. The third-order valence-electron chi connectivity index (χ3n) is 3.46. The zero-order chi connectivity index (χ0) is 16.8. The molecule has 1 aliphatic rings. The number of pyridine rings is 1. The molecule has 2 heterocycles. The van der Waals surface area contributed by atoms with E-state index in [4.69, 9.17) is 5.26 Å². The van der Waals surface area contributed by atoms with Crippen molar-refractivity contribution in [3.8, 4) is 6.07 Å². The van der Waals surface area contributed by atoms with Gasteiger partial charge in [0.1, 0.15) is 17.6 Å². The lowest BCUT2D eigenvalue weighted by Crippen LogP contribution is -2.34. The summed E-state index contributed by atoms with van der Waals surface area (Å²) in [6.45, 7) is -0.286. The second kappa shape index (κ2) is 5.35. The number of carbonyl (C=O) groups excluding carboxylic acids is 1. The smallest absolute Gasteiger partial charge is 0.299 e. The SMILES string of the molecule is N#Cc1cc(CN2C(=O)C(F)(F)c3c(Br)ccc(F)c32)ccn1. The van der Waals surface area contributed by atoms with Crippen LogP contribution in [0, 0.1) is 17.1 Å². The highest BCUT2D eigenvalue weighted by Crippen LogP contribution is 2.49. The zero-order valence-corrected chi connectivity index (χ0v) is 12.9. The van der Waals surface area contributed by atoms with Gasteiger partial charge in [0.2, 0.25) is 0 Å². The lowest BCUT2D eigenvalue weighted by atomic mass is 10.1. The molecule has 1 aliphatic heterocycles. The first kappa shape index (κ1) is 15.5. The van der Waals surface area contributed by atoms with Crippen LogP contribution in [0.3, 0.4) is 0 Å². The lowest BCUT2D eigenvalue weighted by molar-refractivity contribution is -0.141. The van der Waals surface area contributed by atoms with E-state index in [-0.39, 0.29) is 16.7 Å². The Morgan fingerprint density at radius 1 is 1.35 bits per heavy atom. The van der Waals surface area contributed by atoms with Gasteiger partial charge in [-0.1, -0.05) is 15.9 Å². The Morgan fingerprint density at radius 2 is 2.09 bits per heavy atom. The van der Waals surface area contributed by atoms with Crippen molar-refractivity contribution in [3.63, 3.8) is 0 Å². The van der Waals surface area contributed by atoms with E-state index in [1.807, 2.05) is 6.07 Å². The van der Waals surface area contributed by atoms with Crippen molar-refractivity contribution in [2.45, 2.75) is 12.5 Å². The third kappa shape index (κ3) is 2.37. The topological polar surface area (TPSA) is 57.0 Å². The molecule has 0 bridgehead atoms. The number of alkyl halides is 2. The highest BCUT2D eigenvalue weighted by molar-refractivity contribution is 9.10. The Balaban J connectivity index is 2.10. The summed E-state index contributed by atoms with van der Waals surface area (Å²) in [7, 11) is 0. The number of rotatable bonds is 2. The van der Waals surface area contributed by atoms with E-state index in [2.05, 4.69) is 20.9 Å². The van der Waals surface area contributed by atoms with E-state index in [0.717, 1.165) is 12.1 Å². The van der Waals surface area contributed by atoms with Gasteiger partial charge >= 0.3 is 11.8 Å². The maximum absolute atomic E-state index is 14.2. The average molecular weight is 382 g/mol. The molecular weight excluding hydrogens is 375 g/mol. The van der Waals surface area contributed by atoms with Crippen LogP contribution in [-0.4, -0.2) is 10.9 Å². The second-order valence-electron chi connectivity index (χ2n) is 4.88. The van der Waals surface area contributed by atoms with Crippen LogP contribution < -0.4 is 4.90 Å². The van der Waals surface area contributed by atoms with Crippen molar-refractivity contribution in [1.82, 2.24) is 4.98 Å². The van der Waals surface area contributed by atoms with E-state index in [1.165, 1.54) is 18.3 Å². The maximum atomic E-state index is 14.2. The largest absolute Gasteiger partial charge is 0.353 e. The van der Waals surface area contributed by atoms with Crippen LogP contribution in [-0.2, 0) is 17.3 Å². The summed E-state index contributed by atoms with van der Waals surface area (Å²) in [6, 6.07) is 6.80. The number of amides is 1.